The number of aromatic amines is 1. The molecule has 0 aliphatic carbocycles. The molecular formula is C16H12N6O3. The summed E-state index contributed by atoms with van der Waals surface area (Å²) in [6.07, 6.45) is 2.58. The Labute approximate surface area is 141 Å². The van der Waals surface area contributed by atoms with E-state index in [4.69, 9.17) is 8.94 Å². The third kappa shape index (κ3) is 2.90. The minimum atomic E-state index is -0.409. The first-order valence-electron chi connectivity index (χ1n) is 7.36. The van der Waals surface area contributed by atoms with Crippen molar-refractivity contribution in [3.63, 3.8) is 0 Å². The van der Waals surface area contributed by atoms with E-state index in [1.54, 1.807) is 18.2 Å². The minimum Gasteiger partial charge on any atom is -0.441 e. The highest BCUT2D eigenvalue weighted by molar-refractivity contribution is 6.06. The molecule has 4 rings (SSSR count). The SMILES string of the molecule is Cc1nc(-c2ccc(NC(=O)c3ncoc3-c3ccon3)cc2)n[nH]1. The van der Waals surface area contributed by atoms with Gasteiger partial charge >= 0.3 is 0 Å². The van der Waals surface area contributed by atoms with E-state index in [0.717, 1.165) is 11.4 Å². The van der Waals surface area contributed by atoms with Crippen LogP contribution in [0.3, 0.4) is 0 Å². The van der Waals surface area contributed by atoms with Crippen molar-refractivity contribution >= 4 is 11.6 Å². The number of hydrogen-bond donors (Lipinski definition) is 2. The highest BCUT2D eigenvalue weighted by Gasteiger charge is 2.20. The van der Waals surface area contributed by atoms with Gasteiger partial charge in [0.1, 0.15) is 12.1 Å². The van der Waals surface area contributed by atoms with Crippen molar-refractivity contribution in [1.29, 1.82) is 0 Å². The normalized spacial score (nSPS) is 10.8. The molecule has 0 unspecified atom stereocenters. The number of oxazole rings is 1. The van der Waals surface area contributed by atoms with Gasteiger partial charge in [0.15, 0.2) is 29.4 Å². The van der Waals surface area contributed by atoms with E-state index in [1.165, 1.54) is 12.7 Å². The van der Waals surface area contributed by atoms with Gasteiger partial charge in [-0.15, -0.1) is 0 Å². The van der Waals surface area contributed by atoms with Gasteiger partial charge in [0.05, 0.1) is 0 Å². The van der Waals surface area contributed by atoms with Crippen molar-refractivity contribution in [2.45, 2.75) is 6.92 Å². The Kier molecular flexibility index (Phi) is 3.58. The number of anilines is 1. The van der Waals surface area contributed by atoms with Gasteiger partial charge in [-0.1, -0.05) is 5.16 Å². The number of carbonyl (C=O) groups excluding carboxylic acids is 1. The summed E-state index contributed by atoms with van der Waals surface area (Å²) in [6, 6.07) is 8.74. The van der Waals surface area contributed by atoms with Crippen molar-refractivity contribution < 1.29 is 13.7 Å². The summed E-state index contributed by atoms with van der Waals surface area (Å²) < 4.78 is 10.00. The molecule has 9 nitrogen and oxygen atoms in total. The van der Waals surface area contributed by atoms with E-state index in [0.29, 0.717) is 17.2 Å². The van der Waals surface area contributed by atoms with Crippen LogP contribution in [0.25, 0.3) is 22.8 Å². The summed E-state index contributed by atoms with van der Waals surface area (Å²) >= 11 is 0. The molecule has 0 fully saturated rings. The third-order valence-corrected chi connectivity index (χ3v) is 3.45. The average Bonchev–Trinajstić information content (AvgIpc) is 3.36. The lowest BCUT2D eigenvalue weighted by Gasteiger charge is -2.04. The molecule has 1 aromatic carbocycles. The van der Waals surface area contributed by atoms with Gasteiger partial charge in [-0.05, 0) is 31.2 Å². The molecule has 0 aliphatic heterocycles. The molecule has 0 saturated heterocycles. The lowest BCUT2D eigenvalue weighted by atomic mass is 10.2. The van der Waals surface area contributed by atoms with Crippen LogP contribution in [0.1, 0.15) is 16.3 Å². The molecule has 124 valence electrons. The number of carbonyl (C=O) groups is 1. The number of H-pyrrole nitrogens is 1. The van der Waals surface area contributed by atoms with Crippen LogP contribution in [-0.4, -0.2) is 31.2 Å². The Morgan fingerprint density at radius 1 is 1.20 bits per heavy atom. The first-order chi connectivity index (χ1) is 12.2. The molecule has 3 aromatic heterocycles. The Hall–Kier alpha value is -3.75. The zero-order chi connectivity index (χ0) is 17.2. The van der Waals surface area contributed by atoms with E-state index >= 15 is 0 Å². The lowest BCUT2D eigenvalue weighted by molar-refractivity contribution is 0.102. The molecule has 0 aliphatic rings. The topological polar surface area (TPSA) is 123 Å². The Morgan fingerprint density at radius 3 is 2.72 bits per heavy atom. The van der Waals surface area contributed by atoms with E-state index in [-0.39, 0.29) is 11.5 Å². The number of rotatable bonds is 4. The first-order valence-corrected chi connectivity index (χ1v) is 7.36. The largest absolute Gasteiger partial charge is 0.441 e. The number of aryl methyl sites for hydroxylation is 1. The van der Waals surface area contributed by atoms with Crippen molar-refractivity contribution in [3.05, 3.63) is 54.5 Å². The second-order valence-electron chi connectivity index (χ2n) is 5.19. The zero-order valence-electron chi connectivity index (χ0n) is 13.1. The van der Waals surface area contributed by atoms with Gasteiger partial charge in [-0.25, -0.2) is 9.97 Å². The number of benzene rings is 1. The maximum absolute atomic E-state index is 12.4. The molecule has 0 radical (unpaired) electrons. The van der Waals surface area contributed by atoms with Crippen LogP contribution in [-0.2, 0) is 0 Å². The van der Waals surface area contributed by atoms with Crippen molar-refractivity contribution in [2.24, 2.45) is 0 Å². The quantitative estimate of drug-likeness (QED) is 0.587. The van der Waals surface area contributed by atoms with Crippen LogP contribution in [0.4, 0.5) is 5.69 Å². The Morgan fingerprint density at radius 2 is 2.04 bits per heavy atom. The highest BCUT2D eigenvalue weighted by Crippen LogP contribution is 2.23. The number of amides is 1. The maximum atomic E-state index is 12.4. The van der Waals surface area contributed by atoms with Gasteiger partial charge in [-0.2, -0.15) is 5.10 Å². The molecular weight excluding hydrogens is 324 g/mol. The molecule has 9 heteroatoms. The monoisotopic (exact) mass is 336 g/mol. The average molecular weight is 336 g/mol. The smallest absolute Gasteiger partial charge is 0.278 e. The molecule has 25 heavy (non-hydrogen) atoms. The Bertz CT molecular complexity index is 1000. The predicted octanol–water partition coefficient (Wildman–Crippen LogP) is 2.68. The number of aromatic nitrogens is 5. The van der Waals surface area contributed by atoms with E-state index in [2.05, 4.69) is 30.6 Å². The molecule has 3 heterocycles. The van der Waals surface area contributed by atoms with Crippen LogP contribution >= 0.6 is 0 Å². The van der Waals surface area contributed by atoms with Crippen LogP contribution in [0.2, 0.25) is 0 Å². The van der Waals surface area contributed by atoms with Crippen LogP contribution < -0.4 is 5.32 Å². The van der Waals surface area contributed by atoms with Gasteiger partial charge in [0.25, 0.3) is 5.91 Å². The molecule has 2 N–H and O–H groups in total. The highest BCUT2D eigenvalue weighted by atomic mass is 16.5. The van der Waals surface area contributed by atoms with Crippen LogP contribution in [0.15, 0.2) is 51.9 Å². The first kappa shape index (κ1) is 14.8. The molecule has 0 spiro atoms. The molecule has 0 bridgehead atoms. The van der Waals surface area contributed by atoms with Gasteiger partial charge < -0.3 is 14.3 Å². The second-order valence-corrected chi connectivity index (χ2v) is 5.19. The summed E-state index contributed by atoms with van der Waals surface area (Å²) in [5, 5.41) is 13.4. The zero-order valence-corrected chi connectivity index (χ0v) is 13.1. The minimum absolute atomic E-state index is 0.127. The summed E-state index contributed by atoms with van der Waals surface area (Å²) in [5.41, 5.74) is 1.97. The fourth-order valence-corrected chi connectivity index (χ4v) is 2.28. The lowest BCUT2D eigenvalue weighted by Crippen LogP contribution is -2.13. The Balaban J connectivity index is 1.53. The fourth-order valence-electron chi connectivity index (χ4n) is 2.28. The van der Waals surface area contributed by atoms with Gasteiger partial charge in [-0.3, -0.25) is 9.89 Å². The van der Waals surface area contributed by atoms with E-state index in [1.807, 2.05) is 19.1 Å². The second kappa shape index (κ2) is 6.04. The molecule has 0 atom stereocenters. The van der Waals surface area contributed by atoms with Crippen LogP contribution in [0.5, 0.6) is 0 Å². The summed E-state index contributed by atoms with van der Waals surface area (Å²) in [4.78, 5) is 20.6. The third-order valence-electron chi connectivity index (χ3n) is 3.45. The summed E-state index contributed by atoms with van der Waals surface area (Å²) in [6.45, 7) is 1.83. The van der Waals surface area contributed by atoms with E-state index in [9.17, 15) is 4.79 Å². The van der Waals surface area contributed by atoms with Gasteiger partial charge in [0.2, 0.25) is 0 Å². The molecule has 4 aromatic rings. The van der Waals surface area contributed by atoms with E-state index < -0.39 is 5.91 Å². The van der Waals surface area contributed by atoms with Gasteiger partial charge in [0, 0.05) is 17.3 Å². The standard InChI is InChI=1S/C16H12N6O3/c1-9-18-15(21-20-9)10-2-4-11(5-3-10)19-16(23)13-14(24-8-17-13)12-6-7-25-22-12/h2-8H,1H3,(H,19,23)(H,18,20,21). The summed E-state index contributed by atoms with van der Waals surface area (Å²) in [5.74, 6) is 1.17. The van der Waals surface area contributed by atoms with Crippen molar-refractivity contribution in [3.8, 4) is 22.8 Å². The molecule has 0 saturated carbocycles. The predicted molar refractivity (Wildman–Crippen MR) is 86.5 cm³/mol. The fraction of sp³-hybridized carbons (Fsp3) is 0.0625. The van der Waals surface area contributed by atoms with Crippen molar-refractivity contribution in [2.75, 3.05) is 5.32 Å². The number of nitrogens with zero attached hydrogens (tertiary/aromatic N) is 4. The number of hydrogen-bond acceptors (Lipinski definition) is 7. The summed E-state index contributed by atoms with van der Waals surface area (Å²) in [7, 11) is 0. The molecule has 1 amide bonds. The maximum Gasteiger partial charge on any atom is 0.278 e. The number of nitrogens with one attached hydrogen (secondary N) is 2. The van der Waals surface area contributed by atoms with Crippen LogP contribution in [0, 0.1) is 6.92 Å². The van der Waals surface area contributed by atoms with Crippen molar-refractivity contribution in [1.82, 2.24) is 25.3 Å².